The number of hydrogen-bond acceptors (Lipinski definition) is 4. The molecule has 4 nitrogen and oxygen atoms in total. The second kappa shape index (κ2) is 10.3. The molecular formula is C19H23ClN2O2S. The second-order valence-corrected chi connectivity index (χ2v) is 6.99. The van der Waals surface area contributed by atoms with Gasteiger partial charge < -0.3 is 10.1 Å². The van der Waals surface area contributed by atoms with E-state index < -0.39 is 0 Å². The smallest absolute Gasteiger partial charge is 0.234 e. The van der Waals surface area contributed by atoms with E-state index in [1.54, 1.807) is 36.0 Å². The maximum absolute atomic E-state index is 12.0. The molecule has 0 heterocycles. The van der Waals surface area contributed by atoms with Crippen LogP contribution in [0.3, 0.4) is 0 Å². The molecule has 0 aliphatic heterocycles. The number of nitrogens with zero attached hydrogens (tertiary/aromatic N) is 1. The minimum atomic E-state index is -0.0112. The number of benzene rings is 2. The van der Waals surface area contributed by atoms with Crippen LogP contribution in [-0.4, -0.2) is 43.8 Å². The number of carbonyl (C=O) groups excluding carboxylic acids is 1. The van der Waals surface area contributed by atoms with Crippen LogP contribution in [-0.2, 0) is 11.3 Å². The van der Waals surface area contributed by atoms with E-state index in [9.17, 15) is 4.79 Å². The summed E-state index contributed by atoms with van der Waals surface area (Å²) in [7, 11) is 1.94. The summed E-state index contributed by atoms with van der Waals surface area (Å²) in [6.45, 7) is 1.99. The fourth-order valence-corrected chi connectivity index (χ4v) is 2.82. The first kappa shape index (κ1) is 19.6. The predicted octanol–water partition coefficient (Wildman–Crippen LogP) is 3.69. The standard InChI is InChI=1S/C19H23ClN2O2S/c1-22(13-15-3-9-18(25-2)10-4-15)14-19(23)21-11-12-24-17-7-5-16(20)6-8-17/h3-10H,11-14H2,1-2H3,(H,21,23). The third kappa shape index (κ3) is 7.38. The lowest BCUT2D eigenvalue weighted by Gasteiger charge is -2.16. The number of nitrogens with one attached hydrogen (secondary N) is 1. The third-order valence-electron chi connectivity index (χ3n) is 3.53. The highest BCUT2D eigenvalue weighted by Crippen LogP contribution is 2.16. The van der Waals surface area contributed by atoms with Gasteiger partial charge in [0.15, 0.2) is 0 Å². The van der Waals surface area contributed by atoms with Gasteiger partial charge in [-0.15, -0.1) is 11.8 Å². The van der Waals surface area contributed by atoms with E-state index in [1.807, 2.05) is 11.9 Å². The fraction of sp³-hybridized carbons (Fsp3) is 0.316. The van der Waals surface area contributed by atoms with Gasteiger partial charge in [-0.25, -0.2) is 0 Å². The van der Waals surface area contributed by atoms with Crippen molar-refractivity contribution >= 4 is 29.3 Å². The summed E-state index contributed by atoms with van der Waals surface area (Å²) < 4.78 is 5.54. The van der Waals surface area contributed by atoms with E-state index in [2.05, 4.69) is 35.8 Å². The molecular weight excluding hydrogens is 356 g/mol. The monoisotopic (exact) mass is 378 g/mol. The lowest BCUT2D eigenvalue weighted by atomic mass is 10.2. The zero-order valence-electron chi connectivity index (χ0n) is 14.5. The SMILES string of the molecule is CSc1ccc(CN(C)CC(=O)NCCOc2ccc(Cl)cc2)cc1. The van der Waals surface area contributed by atoms with E-state index in [0.29, 0.717) is 24.7 Å². The van der Waals surface area contributed by atoms with Crippen molar-refractivity contribution in [1.29, 1.82) is 0 Å². The van der Waals surface area contributed by atoms with E-state index in [-0.39, 0.29) is 5.91 Å². The molecule has 0 fully saturated rings. The fourth-order valence-electron chi connectivity index (χ4n) is 2.29. The van der Waals surface area contributed by atoms with Crippen LogP contribution in [0.25, 0.3) is 0 Å². The molecule has 0 saturated carbocycles. The van der Waals surface area contributed by atoms with Gasteiger partial charge in [0.25, 0.3) is 0 Å². The number of rotatable bonds is 9. The molecule has 2 aromatic carbocycles. The lowest BCUT2D eigenvalue weighted by molar-refractivity contribution is -0.122. The minimum Gasteiger partial charge on any atom is -0.492 e. The molecule has 0 aromatic heterocycles. The molecule has 0 aliphatic rings. The van der Waals surface area contributed by atoms with Crippen molar-refractivity contribution in [3.05, 3.63) is 59.1 Å². The average molecular weight is 379 g/mol. The molecule has 0 radical (unpaired) electrons. The summed E-state index contributed by atoms with van der Waals surface area (Å²) in [4.78, 5) is 15.2. The molecule has 0 atom stereocenters. The molecule has 2 aromatic rings. The molecule has 0 spiro atoms. The third-order valence-corrected chi connectivity index (χ3v) is 4.53. The van der Waals surface area contributed by atoms with Crippen LogP contribution in [0, 0.1) is 0 Å². The highest BCUT2D eigenvalue weighted by molar-refractivity contribution is 7.98. The average Bonchev–Trinajstić information content (AvgIpc) is 2.61. The number of likely N-dealkylation sites (N-methyl/N-ethyl adjacent to an activating group) is 1. The molecule has 2 rings (SSSR count). The number of carbonyl (C=O) groups is 1. The van der Waals surface area contributed by atoms with Crippen LogP contribution in [0.4, 0.5) is 0 Å². The largest absolute Gasteiger partial charge is 0.492 e. The predicted molar refractivity (Wildman–Crippen MR) is 105 cm³/mol. The van der Waals surface area contributed by atoms with Crippen molar-refractivity contribution in [2.24, 2.45) is 0 Å². The Labute approximate surface area is 158 Å². The zero-order valence-corrected chi connectivity index (χ0v) is 16.1. The van der Waals surface area contributed by atoms with E-state index in [0.717, 1.165) is 12.3 Å². The highest BCUT2D eigenvalue weighted by Gasteiger charge is 2.07. The van der Waals surface area contributed by atoms with Gasteiger partial charge in [0, 0.05) is 16.5 Å². The number of thioether (sulfide) groups is 1. The summed E-state index contributed by atoms with van der Waals surface area (Å²) in [5, 5.41) is 3.54. The van der Waals surface area contributed by atoms with Crippen molar-refractivity contribution < 1.29 is 9.53 Å². The Hall–Kier alpha value is -1.69. The van der Waals surface area contributed by atoms with Crippen molar-refractivity contribution in [2.45, 2.75) is 11.4 Å². The summed E-state index contributed by atoms with van der Waals surface area (Å²) in [6.07, 6.45) is 2.06. The van der Waals surface area contributed by atoms with Gasteiger partial charge in [0.2, 0.25) is 5.91 Å². The first-order chi connectivity index (χ1) is 12.1. The van der Waals surface area contributed by atoms with E-state index in [4.69, 9.17) is 16.3 Å². The van der Waals surface area contributed by atoms with Gasteiger partial charge >= 0.3 is 0 Å². The number of amides is 1. The second-order valence-electron chi connectivity index (χ2n) is 5.67. The number of ether oxygens (including phenoxy) is 1. The number of hydrogen-bond donors (Lipinski definition) is 1. The molecule has 134 valence electrons. The summed E-state index contributed by atoms with van der Waals surface area (Å²) in [6, 6.07) is 15.6. The number of halogens is 1. The van der Waals surface area contributed by atoms with E-state index in [1.165, 1.54) is 10.5 Å². The first-order valence-corrected chi connectivity index (χ1v) is 9.63. The molecule has 0 unspecified atom stereocenters. The van der Waals surface area contributed by atoms with Crippen LogP contribution in [0.15, 0.2) is 53.4 Å². The first-order valence-electron chi connectivity index (χ1n) is 8.03. The molecule has 6 heteroatoms. The zero-order chi connectivity index (χ0) is 18.1. The van der Waals surface area contributed by atoms with Crippen LogP contribution in [0.5, 0.6) is 5.75 Å². The van der Waals surface area contributed by atoms with Crippen molar-refractivity contribution in [2.75, 3.05) is 33.0 Å². The maximum Gasteiger partial charge on any atom is 0.234 e. The highest BCUT2D eigenvalue weighted by atomic mass is 35.5. The normalized spacial score (nSPS) is 10.7. The molecule has 25 heavy (non-hydrogen) atoms. The minimum absolute atomic E-state index is 0.0112. The van der Waals surface area contributed by atoms with Crippen molar-refractivity contribution in [1.82, 2.24) is 10.2 Å². The molecule has 1 amide bonds. The molecule has 0 saturated heterocycles. The van der Waals surface area contributed by atoms with Gasteiger partial charge in [0.05, 0.1) is 13.1 Å². The molecule has 0 bridgehead atoms. The summed E-state index contributed by atoms with van der Waals surface area (Å²) in [5.74, 6) is 0.729. The maximum atomic E-state index is 12.0. The van der Waals surface area contributed by atoms with Gasteiger partial charge in [-0.3, -0.25) is 9.69 Å². The van der Waals surface area contributed by atoms with Gasteiger partial charge in [-0.1, -0.05) is 23.7 Å². The van der Waals surface area contributed by atoms with Gasteiger partial charge in [0.1, 0.15) is 12.4 Å². The Morgan fingerprint density at radius 2 is 1.84 bits per heavy atom. The topological polar surface area (TPSA) is 41.6 Å². The quantitative estimate of drug-likeness (QED) is 0.533. The van der Waals surface area contributed by atoms with Crippen LogP contribution >= 0.6 is 23.4 Å². The lowest BCUT2D eigenvalue weighted by Crippen LogP contribution is -2.36. The van der Waals surface area contributed by atoms with Crippen LogP contribution < -0.4 is 10.1 Å². The van der Waals surface area contributed by atoms with Crippen molar-refractivity contribution in [3.63, 3.8) is 0 Å². The summed E-state index contributed by atoms with van der Waals surface area (Å²) in [5.41, 5.74) is 1.19. The van der Waals surface area contributed by atoms with Gasteiger partial charge in [-0.2, -0.15) is 0 Å². The Morgan fingerprint density at radius 1 is 1.16 bits per heavy atom. The molecule has 1 N–H and O–H groups in total. The Balaban J connectivity index is 1.64. The van der Waals surface area contributed by atoms with E-state index >= 15 is 0 Å². The van der Waals surface area contributed by atoms with Crippen molar-refractivity contribution in [3.8, 4) is 5.75 Å². The molecule has 0 aliphatic carbocycles. The summed E-state index contributed by atoms with van der Waals surface area (Å²) >= 11 is 7.54. The Morgan fingerprint density at radius 3 is 2.48 bits per heavy atom. The van der Waals surface area contributed by atoms with Crippen LogP contribution in [0.2, 0.25) is 5.02 Å². The van der Waals surface area contributed by atoms with Crippen LogP contribution in [0.1, 0.15) is 5.56 Å². The Bertz CT molecular complexity index is 662. The van der Waals surface area contributed by atoms with Gasteiger partial charge in [-0.05, 0) is 55.3 Å². The Kier molecular flexibility index (Phi) is 8.12.